The highest BCUT2D eigenvalue weighted by Crippen LogP contribution is 2.34. The SMILES string of the molecule is C=CCNC(=O)C(=O)C(CCC(F)(F)F)NC(=O)[C@@H]1C(C(C)C)CCN1C(=O)[C@@H](NC(=O)NC(C)(C)C)C1CCCCC1. The van der Waals surface area contributed by atoms with Crippen molar-refractivity contribution in [3.63, 3.8) is 0 Å². The standard InChI is InChI=1S/C30H48F3N5O5/c1-7-16-34-26(41)24(39)21(13-15-30(31,32)33)35-25(40)23-20(18(2)3)14-17-38(23)27(42)22(19-11-9-8-10-12-19)36-28(43)37-29(4,5)6/h7,18-23H,1,8-17H2,2-6H3,(H,34,41)(H,35,40)(H2,36,37,43)/t20?,21?,22-,23-/m0/s1. The largest absolute Gasteiger partial charge is 0.389 e. The third kappa shape index (κ3) is 11.1. The minimum absolute atomic E-state index is 0.0802. The number of likely N-dealkylation sites (tertiary alicyclic amines) is 1. The number of nitrogens with one attached hydrogen (secondary N) is 4. The van der Waals surface area contributed by atoms with Crippen molar-refractivity contribution in [2.45, 2.75) is 116 Å². The van der Waals surface area contributed by atoms with Crippen LogP contribution in [0.2, 0.25) is 0 Å². The molecule has 0 aromatic rings. The molecule has 0 radical (unpaired) electrons. The lowest BCUT2D eigenvalue weighted by Gasteiger charge is -2.36. The lowest BCUT2D eigenvalue weighted by molar-refractivity contribution is -0.147. The molecule has 43 heavy (non-hydrogen) atoms. The zero-order chi connectivity index (χ0) is 32.5. The predicted octanol–water partition coefficient (Wildman–Crippen LogP) is 3.60. The molecule has 1 heterocycles. The van der Waals surface area contributed by atoms with Gasteiger partial charge in [0.25, 0.3) is 5.91 Å². The third-order valence-corrected chi connectivity index (χ3v) is 8.00. The zero-order valence-corrected chi connectivity index (χ0v) is 25.9. The Morgan fingerprint density at radius 3 is 2.14 bits per heavy atom. The van der Waals surface area contributed by atoms with Crippen molar-refractivity contribution in [3.05, 3.63) is 12.7 Å². The molecule has 0 aromatic carbocycles. The Morgan fingerprint density at radius 2 is 1.60 bits per heavy atom. The number of urea groups is 1. The maximum absolute atomic E-state index is 14.1. The topological polar surface area (TPSA) is 137 Å². The molecule has 5 amide bonds. The van der Waals surface area contributed by atoms with Gasteiger partial charge in [0.15, 0.2) is 0 Å². The number of nitrogens with zero attached hydrogens (tertiary/aromatic N) is 1. The van der Waals surface area contributed by atoms with E-state index in [1.165, 1.54) is 11.0 Å². The van der Waals surface area contributed by atoms with Crippen LogP contribution in [0.3, 0.4) is 0 Å². The summed E-state index contributed by atoms with van der Waals surface area (Å²) >= 11 is 0. The second kappa shape index (κ2) is 15.6. The number of Topliss-reactive ketones (excluding diaryl/α,β-unsaturated/α-hetero) is 1. The normalized spacial score (nSPS) is 21.1. The van der Waals surface area contributed by atoms with E-state index in [-0.39, 0.29) is 30.8 Å². The first kappa shape index (κ1) is 36.1. The first-order chi connectivity index (χ1) is 19.9. The Bertz CT molecular complexity index is 1020. The van der Waals surface area contributed by atoms with Gasteiger partial charge in [-0.2, -0.15) is 13.2 Å². The molecule has 13 heteroatoms. The van der Waals surface area contributed by atoms with Gasteiger partial charge in [-0.25, -0.2) is 4.79 Å². The first-order valence-corrected chi connectivity index (χ1v) is 15.1. The number of carbonyl (C=O) groups excluding carboxylic acids is 5. The molecule has 2 rings (SSSR count). The summed E-state index contributed by atoms with van der Waals surface area (Å²) in [6, 6.07) is -4.26. The Kier molecular flexibility index (Phi) is 13.1. The van der Waals surface area contributed by atoms with Crippen molar-refractivity contribution in [2.75, 3.05) is 13.1 Å². The molecular weight excluding hydrogens is 567 g/mol. The second-order valence-corrected chi connectivity index (χ2v) is 13.0. The fraction of sp³-hybridized carbons (Fsp3) is 0.767. The summed E-state index contributed by atoms with van der Waals surface area (Å²) in [7, 11) is 0. The van der Waals surface area contributed by atoms with E-state index in [9.17, 15) is 37.1 Å². The molecular formula is C30H48F3N5O5. The van der Waals surface area contributed by atoms with E-state index in [1.807, 2.05) is 34.6 Å². The number of hydrogen-bond donors (Lipinski definition) is 4. The van der Waals surface area contributed by atoms with Crippen LogP contribution in [0, 0.1) is 17.8 Å². The molecule has 4 atom stereocenters. The van der Waals surface area contributed by atoms with Gasteiger partial charge in [0.2, 0.25) is 17.6 Å². The number of alkyl halides is 3. The van der Waals surface area contributed by atoms with E-state index in [0.717, 1.165) is 32.1 Å². The molecule has 4 N–H and O–H groups in total. The van der Waals surface area contributed by atoms with E-state index in [0.29, 0.717) is 6.42 Å². The minimum Gasteiger partial charge on any atom is -0.346 e. The molecule has 244 valence electrons. The molecule has 0 bridgehead atoms. The van der Waals surface area contributed by atoms with Crippen LogP contribution in [0.25, 0.3) is 0 Å². The van der Waals surface area contributed by atoms with E-state index in [2.05, 4.69) is 27.8 Å². The highest BCUT2D eigenvalue weighted by atomic mass is 19.4. The number of rotatable bonds is 12. The van der Waals surface area contributed by atoms with E-state index in [4.69, 9.17) is 0 Å². The van der Waals surface area contributed by atoms with Gasteiger partial charge in [-0.15, -0.1) is 6.58 Å². The summed E-state index contributed by atoms with van der Waals surface area (Å²) in [5, 5.41) is 10.3. The fourth-order valence-electron chi connectivity index (χ4n) is 5.89. The van der Waals surface area contributed by atoms with Crippen molar-refractivity contribution in [1.29, 1.82) is 0 Å². The number of hydrogen-bond acceptors (Lipinski definition) is 5. The second-order valence-electron chi connectivity index (χ2n) is 13.0. The van der Waals surface area contributed by atoms with Gasteiger partial charge < -0.3 is 26.2 Å². The van der Waals surface area contributed by atoms with Crippen LogP contribution in [0.4, 0.5) is 18.0 Å². The van der Waals surface area contributed by atoms with Crippen LogP contribution in [0.5, 0.6) is 0 Å². The van der Waals surface area contributed by atoms with Gasteiger partial charge in [-0.1, -0.05) is 39.2 Å². The van der Waals surface area contributed by atoms with Crippen LogP contribution < -0.4 is 21.3 Å². The Labute approximate surface area is 252 Å². The monoisotopic (exact) mass is 615 g/mol. The highest BCUT2D eigenvalue weighted by molar-refractivity contribution is 6.38. The van der Waals surface area contributed by atoms with E-state index < -0.39 is 72.2 Å². The van der Waals surface area contributed by atoms with Crippen LogP contribution in [-0.2, 0) is 19.2 Å². The van der Waals surface area contributed by atoms with E-state index >= 15 is 0 Å². The van der Waals surface area contributed by atoms with Gasteiger partial charge in [0.05, 0.1) is 6.04 Å². The van der Waals surface area contributed by atoms with Crippen LogP contribution >= 0.6 is 0 Å². The van der Waals surface area contributed by atoms with Gasteiger partial charge in [0, 0.05) is 25.0 Å². The lowest BCUT2D eigenvalue weighted by atomic mass is 9.83. The zero-order valence-electron chi connectivity index (χ0n) is 25.9. The third-order valence-electron chi connectivity index (χ3n) is 8.00. The number of ketones is 1. The average Bonchev–Trinajstić information content (AvgIpc) is 3.36. The van der Waals surface area contributed by atoms with Crippen LogP contribution in [-0.4, -0.2) is 77.4 Å². The van der Waals surface area contributed by atoms with Crippen molar-refractivity contribution in [1.82, 2.24) is 26.2 Å². The Balaban J connectivity index is 2.37. The molecule has 0 spiro atoms. The highest BCUT2D eigenvalue weighted by Gasteiger charge is 2.47. The number of halogens is 3. The van der Waals surface area contributed by atoms with Crippen molar-refractivity contribution in [3.8, 4) is 0 Å². The van der Waals surface area contributed by atoms with Gasteiger partial charge in [-0.05, 0) is 64.2 Å². The van der Waals surface area contributed by atoms with E-state index in [1.54, 1.807) is 0 Å². The van der Waals surface area contributed by atoms with Crippen molar-refractivity contribution < 1.29 is 37.1 Å². The van der Waals surface area contributed by atoms with Gasteiger partial charge in [0.1, 0.15) is 12.1 Å². The lowest BCUT2D eigenvalue weighted by Crippen LogP contribution is -2.60. The summed E-state index contributed by atoms with van der Waals surface area (Å²) in [4.78, 5) is 67.4. The number of carbonyl (C=O) groups is 5. The first-order valence-electron chi connectivity index (χ1n) is 15.1. The predicted molar refractivity (Wildman–Crippen MR) is 156 cm³/mol. The summed E-state index contributed by atoms with van der Waals surface area (Å²) in [6.07, 6.45) is -0.837. The van der Waals surface area contributed by atoms with Crippen LogP contribution in [0.15, 0.2) is 12.7 Å². The van der Waals surface area contributed by atoms with Gasteiger partial charge >= 0.3 is 12.2 Å². The fourth-order valence-corrected chi connectivity index (χ4v) is 5.89. The summed E-state index contributed by atoms with van der Waals surface area (Å²) in [5.41, 5.74) is -0.557. The molecule has 10 nitrogen and oxygen atoms in total. The van der Waals surface area contributed by atoms with Crippen LogP contribution in [0.1, 0.15) is 86.0 Å². The average molecular weight is 616 g/mol. The summed E-state index contributed by atoms with van der Waals surface area (Å²) in [5.74, 6) is -4.19. The minimum atomic E-state index is -4.62. The van der Waals surface area contributed by atoms with Gasteiger partial charge in [-0.3, -0.25) is 19.2 Å². The summed E-state index contributed by atoms with van der Waals surface area (Å²) in [6.45, 7) is 12.7. The maximum atomic E-state index is 14.1. The maximum Gasteiger partial charge on any atom is 0.389 e. The molecule has 2 fully saturated rings. The molecule has 2 unspecified atom stereocenters. The Morgan fingerprint density at radius 1 is 0.977 bits per heavy atom. The van der Waals surface area contributed by atoms with Crippen molar-refractivity contribution >= 4 is 29.5 Å². The molecule has 2 aliphatic rings. The summed E-state index contributed by atoms with van der Waals surface area (Å²) < 4.78 is 39.3. The number of amides is 5. The smallest absolute Gasteiger partial charge is 0.346 e. The molecule has 0 aromatic heterocycles. The molecule has 1 saturated carbocycles. The van der Waals surface area contributed by atoms with Crippen molar-refractivity contribution in [2.24, 2.45) is 17.8 Å². The Hall–Kier alpha value is -3.12. The molecule has 1 aliphatic heterocycles. The molecule has 1 aliphatic carbocycles. The quantitative estimate of drug-likeness (QED) is 0.197. The molecule has 1 saturated heterocycles.